The first-order valence-corrected chi connectivity index (χ1v) is 6.20. The monoisotopic (exact) mass is 244 g/mol. The zero-order valence-electron chi connectivity index (χ0n) is 7.20. The molecule has 0 aliphatic rings. The Morgan fingerprint density at radius 2 is 2.43 bits per heavy atom. The Bertz CT molecular complexity index is 383. The van der Waals surface area contributed by atoms with Crippen LogP contribution in [0, 0.1) is 0 Å². The fraction of sp³-hybridized carbons (Fsp3) is 0.286. The topological polar surface area (TPSA) is 43.6 Å². The molecule has 2 heterocycles. The molecule has 0 aliphatic heterocycles. The molecule has 0 amide bonds. The van der Waals surface area contributed by atoms with Crippen molar-refractivity contribution >= 4 is 35.7 Å². The molecule has 0 N–H and O–H groups in total. The molecule has 2 aromatic rings. The van der Waals surface area contributed by atoms with E-state index >= 15 is 0 Å². The van der Waals surface area contributed by atoms with Crippen LogP contribution in [0.1, 0.15) is 0 Å². The quantitative estimate of drug-likeness (QED) is 0.658. The maximum Gasteiger partial charge on any atom is 0.175 e. The van der Waals surface area contributed by atoms with Gasteiger partial charge in [-0.2, -0.15) is 0 Å². The van der Waals surface area contributed by atoms with Crippen LogP contribution in [-0.2, 0) is 6.54 Å². The number of thiol groups is 1. The molecular formula is C7H8N4S3. The Morgan fingerprint density at radius 1 is 1.50 bits per heavy atom. The van der Waals surface area contributed by atoms with Crippen molar-refractivity contribution in [2.45, 2.75) is 15.2 Å². The molecule has 0 radical (unpaired) electrons. The lowest BCUT2D eigenvalue weighted by Crippen LogP contribution is -1.96. The number of imidazole rings is 1. The molecule has 0 saturated heterocycles. The van der Waals surface area contributed by atoms with Crippen molar-refractivity contribution in [1.29, 1.82) is 0 Å². The van der Waals surface area contributed by atoms with Crippen LogP contribution in [0.25, 0.3) is 0 Å². The van der Waals surface area contributed by atoms with Crippen molar-refractivity contribution in [3.8, 4) is 0 Å². The Labute approximate surface area is 95.2 Å². The molecule has 0 spiro atoms. The molecule has 0 atom stereocenters. The van der Waals surface area contributed by atoms with Crippen LogP contribution in [0.15, 0.2) is 27.4 Å². The number of hydrogen-bond donors (Lipinski definition) is 1. The van der Waals surface area contributed by atoms with Gasteiger partial charge in [-0.05, 0) is 0 Å². The largest absolute Gasteiger partial charge is 0.337 e. The van der Waals surface area contributed by atoms with Crippen LogP contribution in [0.2, 0.25) is 0 Å². The predicted octanol–water partition coefficient (Wildman–Crippen LogP) is 1.82. The lowest BCUT2D eigenvalue weighted by Gasteiger charge is -1.98. The summed E-state index contributed by atoms with van der Waals surface area (Å²) in [5.41, 5.74) is 0. The minimum absolute atomic E-state index is 0.718. The van der Waals surface area contributed by atoms with Crippen LogP contribution >= 0.6 is 35.7 Å². The van der Waals surface area contributed by atoms with E-state index in [1.807, 2.05) is 17.1 Å². The van der Waals surface area contributed by atoms with Gasteiger partial charge in [0.25, 0.3) is 0 Å². The zero-order chi connectivity index (χ0) is 9.80. The van der Waals surface area contributed by atoms with Crippen LogP contribution in [0.3, 0.4) is 0 Å². The maximum atomic E-state index is 4.10. The SMILES string of the molecule is Sc1nnc(SCCn2ccnc2)s1. The van der Waals surface area contributed by atoms with Gasteiger partial charge in [0.15, 0.2) is 8.68 Å². The van der Waals surface area contributed by atoms with E-state index in [1.165, 1.54) is 11.3 Å². The van der Waals surface area contributed by atoms with Crippen LogP contribution in [0.4, 0.5) is 0 Å². The van der Waals surface area contributed by atoms with Gasteiger partial charge < -0.3 is 4.57 Å². The lowest BCUT2D eigenvalue weighted by molar-refractivity contribution is 0.770. The van der Waals surface area contributed by atoms with E-state index in [9.17, 15) is 0 Å². The number of nitrogens with zero attached hydrogens (tertiary/aromatic N) is 4. The lowest BCUT2D eigenvalue weighted by atomic mass is 10.7. The highest BCUT2D eigenvalue weighted by atomic mass is 32.2. The Morgan fingerprint density at radius 3 is 3.07 bits per heavy atom. The average molecular weight is 244 g/mol. The highest BCUT2D eigenvalue weighted by molar-refractivity contribution is 8.01. The van der Waals surface area contributed by atoms with E-state index in [4.69, 9.17) is 0 Å². The molecule has 0 aliphatic carbocycles. The first-order valence-electron chi connectivity index (χ1n) is 3.95. The molecule has 0 fully saturated rings. The summed E-state index contributed by atoms with van der Waals surface area (Å²) >= 11 is 7.30. The molecule has 14 heavy (non-hydrogen) atoms. The number of thioether (sulfide) groups is 1. The summed E-state index contributed by atoms with van der Waals surface area (Å²) < 4.78 is 3.72. The Kier molecular flexibility index (Phi) is 3.44. The normalized spacial score (nSPS) is 10.6. The second-order valence-electron chi connectivity index (χ2n) is 2.50. The molecule has 2 aromatic heterocycles. The average Bonchev–Trinajstić information content (AvgIpc) is 2.77. The van der Waals surface area contributed by atoms with Crippen molar-refractivity contribution in [3.63, 3.8) is 0 Å². The highest BCUT2D eigenvalue weighted by Gasteiger charge is 2.00. The molecule has 7 heteroatoms. The van der Waals surface area contributed by atoms with Gasteiger partial charge in [0.05, 0.1) is 6.33 Å². The van der Waals surface area contributed by atoms with Gasteiger partial charge in [0.1, 0.15) is 0 Å². The van der Waals surface area contributed by atoms with Gasteiger partial charge in [-0.25, -0.2) is 4.98 Å². The summed E-state index contributed by atoms with van der Waals surface area (Å²) in [7, 11) is 0. The van der Waals surface area contributed by atoms with Crippen LogP contribution < -0.4 is 0 Å². The van der Waals surface area contributed by atoms with Crippen molar-refractivity contribution in [1.82, 2.24) is 19.7 Å². The van der Waals surface area contributed by atoms with Crippen molar-refractivity contribution in [2.24, 2.45) is 0 Å². The van der Waals surface area contributed by atoms with E-state index < -0.39 is 0 Å². The smallest absolute Gasteiger partial charge is 0.175 e. The summed E-state index contributed by atoms with van der Waals surface area (Å²) in [5, 5.41) is 7.79. The van der Waals surface area contributed by atoms with E-state index in [-0.39, 0.29) is 0 Å². The van der Waals surface area contributed by atoms with Crippen LogP contribution in [0.5, 0.6) is 0 Å². The maximum absolute atomic E-state index is 4.10. The van der Waals surface area contributed by atoms with Crippen molar-refractivity contribution < 1.29 is 0 Å². The minimum atomic E-state index is 0.718. The predicted molar refractivity (Wildman–Crippen MR) is 60.1 cm³/mol. The molecule has 2 rings (SSSR count). The van der Waals surface area contributed by atoms with Gasteiger partial charge in [-0.3, -0.25) is 0 Å². The zero-order valence-corrected chi connectivity index (χ0v) is 9.73. The molecular weight excluding hydrogens is 236 g/mol. The number of hydrogen-bond acceptors (Lipinski definition) is 6. The molecule has 74 valence electrons. The van der Waals surface area contributed by atoms with Crippen molar-refractivity contribution in [3.05, 3.63) is 18.7 Å². The summed E-state index contributed by atoms with van der Waals surface area (Å²) in [5.74, 6) is 0.971. The van der Waals surface area contributed by atoms with Crippen LogP contribution in [-0.4, -0.2) is 25.5 Å². The summed E-state index contributed by atoms with van der Waals surface area (Å²) in [6, 6.07) is 0. The highest BCUT2D eigenvalue weighted by Crippen LogP contribution is 2.23. The van der Waals surface area contributed by atoms with E-state index in [0.29, 0.717) is 0 Å². The van der Waals surface area contributed by atoms with Gasteiger partial charge in [-0.1, -0.05) is 23.1 Å². The van der Waals surface area contributed by atoms with Crippen molar-refractivity contribution in [2.75, 3.05) is 5.75 Å². The summed E-state index contributed by atoms with van der Waals surface area (Å²) in [6.45, 7) is 0.937. The molecule has 0 bridgehead atoms. The number of aromatic nitrogens is 4. The van der Waals surface area contributed by atoms with E-state index in [1.54, 1.807) is 18.0 Å². The van der Waals surface area contributed by atoms with E-state index in [2.05, 4.69) is 27.8 Å². The second-order valence-corrected chi connectivity index (χ2v) is 5.55. The molecule has 0 unspecified atom stereocenters. The Balaban J connectivity index is 1.78. The fourth-order valence-electron chi connectivity index (χ4n) is 0.918. The first kappa shape index (κ1) is 10.0. The Hall–Kier alpha value is -0.530. The van der Waals surface area contributed by atoms with Gasteiger partial charge in [0.2, 0.25) is 0 Å². The van der Waals surface area contributed by atoms with Gasteiger partial charge >= 0.3 is 0 Å². The van der Waals surface area contributed by atoms with Gasteiger partial charge in [-0.15, -0.1) is 22.8 Å². The minimum Gasteiger partial charge on any atom is -0.337 e. The fourth-order valence-corrected chi connectivity index (χ4v) is 3.02. The first-order chi connectivity index (χ1) is 6.84. The number of aryl methyl sites for hydroxylation is 1. The third kappa shape index (κ3) is 2.73. The summed E-state index contributed by atoms with van der Waals surface area (Å²) in [4.78, 5) is 3.97. The second kappa shape index (κ2) is 4.81. The molecule has 4 nitrogen and oxygen atoms in total. The molecule has 0 aromatic carbocycles. The van der Waals surface area contributed by atoms with E-state index in [0.717, 1.165) is 21.0 Å². The summed E-state index contributed by atoms with van der Waals surface area (Å²) in [6.07, 6.45) is 5.54. The van der Waals surface area contributed by atoms with Gasteiger partial charge in [0, 0.05) is 24.7 Å². The standard InChI is InChI=1S/C7H8N4S3/c12-6-9-10-7(14-6)13-4-3-11-2-1-8-5-11/h1-2,5H,3-4H2,(H,9,12). The third-order valence-electron chi connectivity index (χ3n) is 1.53. The number of rotatable bonds is 4. The molecule has 0 saturated carbocycles. The third-order valence-corrected chi connectivity index (χ3v) is 3.73.